The van der Waals surface area contributed by atoms with Gasteiger partial charge in [0.25, 0.3) is 5.91 Å². The Kier molecular flexibility index (Phi) is 4.07. The number of amides is 3. The maximum Gasteiger partial charge on any atom is 0.325 e. The number of nitrogens with one attached hydrogen (secondary N) is 1. The molecule has 2 aliphatic rings. The van der Waals surface area contributed by atoms with Gasteiger partial charge in [0.15, 0.2) is 0 Å². The number of thiazole rings is 1. The van der Waals surface area contributed by atoms with Crippen molar-refractivity contribution in [2.24, 2.45) is 5.92 Å². The first-order chi connectivity index (χ1) is 12.1. The van der Waals surface area contributed by atoms with Crippen molar-refractivity contribution in [2.75, 3.05) is 0 Å². The number of urea groups is 1. The predicted molar refractivity (Wildman–Crippen MR) is 97.0 cm³/mol. The van der Waals surface area contributed by atoms with E-state index >= 15 is 0 Å². The highest BCUT2D eigenvalue weighted by atomic mass is 32.1. The van der Waals surface area contributed by atoms with Crippen molar-refractivity contribution in [1.82, 2.24) is 15.2 Å². The van der Waals surface area contributed by atoms with Gasteiger partial charge in [-0.1, -0.05) is 50.1 Å². The van der Waals surface area contributed by atoms with Crippen molar-refractivity contribution < 1.29 is 9.59 Å². The van der Waals surface area contributed by atoms with Gasteiger partial charge in [0.05, 0.1) is 12.2 Å². The normalized spacial score (nSPS) is 26.3. The highest BCUT2D eigenvalue weighted by Crippen LogP contribution is 2.38. The maximum absolute atomic E-state index is 13.0. The summed E-state index contributed by atoms with van der Waals surface area (Å²) in [5.41, 5.74) is 1.11. The summed E-state index contributed by atoms with van der Waals surface area (Å²) >= 11 is 1.54. The monoisotopic (exact) mass is 355 g/mol. The molecule has 1 N–H and O–H groups in total. The molecule has 0 radical (unpaired) electrons. The fourth-order valence-corrected chi connectivity index (χ4v) is 4.71. The molecule has 2 heterocycles. The summed E-state index contributed by atoms with van der Waals surface area (Å²) in [6.45, 7) is 2.31. The van der Waals surface area contributed by atoms with E-state index in [1.807, 2.05) is 35.7 Å². The van der Waals surface area contributed by atoms with Crippen molar-refractivity contribution in [1.29, 1.82) is 0 Å². The van der Waals surface area contributed by atoms with Gasteiger partial charge >= 0.3 is 6.03 Å². The zero-order valence-corrected chi connectivity index (χ0v) is 15.0. The second kappa shape index (κ2) is 6.26. The molecule has 1 saturated heterocycles. The van der Waals surface area contributed by atoms with Gasteiger partial charge in [-0.2, -0.15) is 0 Å². The van der Waals surface area contributed by atoms with Gasteiger partial charge in [-0.15, -0.1) is 11.3 Å². The van der Waals surface area contributed by atoms with E-state index in [1.54, 1.807) is 0 Å². The van der Waals surface area contributed by atoms with E-state index in [1.165, 1.54) is 16.2 Å². The lowest BCUT2D eigenvalue weighted by Gasteiger charge is -2.36. The zero-order valence-electron chi connectivity index (χ0n) is 14.2. The largest absolute Gasteiger partial charge is 0.325 e. The van der Waals surface area contributed by atoms with Crippen LogP contribution in [0.5, 0.6) is 0 Å². The van der Waals surface area contributed by atoms with Gasteiger partial charge in [0.2, 0.25) is 0 Å². The average molecular weight is 355 g/mol. The molecule has 6 heteroatoms. The highest BCUT2D eigenvalue weighted by Gasteiger charge is 2.54. The molecular formula is C19H21N3O2S. The van der Waals surface area contributed by atoms with Crippen LogP contribution in [-0.4, -0.2) is 27.4 Å². The molecule has 1 saturated carbocycles. The molecule has 4 rings (SSSR count). The molecule has 1 aliphatic carbocycles. The number of imide groups is 1. The standard InChI is InChI=1S/C19H21N3O2S/c1-13-7-5-6-10-19(13)17(23)22(18(24)21-19)11-15-12-25-16(20-15)14-8-3-2-4-9-14/h2-4,8-9,12-13H,5-7,10-11H2,1H3,(H,21,24)/t13-,19+/m0/s1. The Balaban J connectivity index is 1.54. The first-order valence-corrected chi connectivity index (χ1v) is 9.62. The van der Waals surface area contributed by atoms with Crippen LogP contribution in [0.1, 0.15) is 38.3 Å². The topological polar surface area (TPSA) is 62.3 Å². The lowest BCUT2D eigenvalue weighted by atomic mass is 9.73. The van der Waals surface area contributed by atoms with E-state index in [0.29, 0.717) is 0 Å². The Labute approximate surface area is 151 Å². The lowest BCUT2D eigenvalue weighted by Crippen LogP contribution is -2.53. The third-order valence-corrected chi connectivity index (χ3v) is 6.33. The molecule has 130 valence electrons. The first kappa shape index (κ1) is 16.3. The molecule has 3 amide bonds. The van der Waals surface area contributed by atoms with Crippen LogP contribution >= 0.6 is 11.3 Å². The average Bonchev–Trinajstić information content (AvgIpc) is 3.18. The lowest BCUT2D eigenvalue weighted by molar-refractivity contribution is -0.134. The van der Waals surface area contributed by atoms with E-state index in [4.69, 9.17) is 0 Å². The molecule has 25 heavy (non-hydrogen) atoms. The smallest absolute Gasteiger partial charge is 0.323 e. The van der Waals surface area contributed by atoms with Crippen LogP contribution in [0.3, 0.4) is 0 Å². The van der Waals surface area contributed by atoms with Gasteiger partial charge < -0.3 is 5.32 Å². The van der Waals surface area contributed by atoms with Crippen LogP contribution in [0.25, 0.3) is 10.6 Å². The summed E-state index contributed by atoms with van der Waals surface area (Å²) in [6.07, 6.45) is 3.83. The van der Waals surface area contributed by atoms with Crippen molar-refractivity contribution in [2.45, 2.75) is 44.7 Å². The number of hydrogen-bond acceptors (Lipinski definition) is 4. The van der Waals surface area contributed by atoms with Crippen LogP contribution in [0.15, 0.2) is 35.7 Å². The quantitative estimate of drug-likeness (QED) is 0.852. The molecule has 1 aromatic carbocycles. The Morgan fingerprint density at radius 2 is 2.08 bits per heavy atom. The molecule has 1 aliphatic heterocycles. The minimum atomic E-state index is -0.701. The maximum atomic E-state index is 13.0. The van der Waals surface area contributed by atoms with Gasteiger partial charge in [0.1, 0.15) is 10.5 Å². The zero-order chi connectivity index (χ0) is 17.4. The van der Waals surface area contributed by atoms with Crippen LogP contribution in [-0.2, 0) is 11.3 Å². The van der Waals surface area contributed by atoms with Crippen LogP contribution in [0.4, 0.5) is 4.79 Å². The van der Waals surface area contributed by atoms with Gasteiger partial charge in [-0.3, -0.25) is 9.69 Å². The Morgan fingerprint density at radius 3 is 2.84 bits per heavy atom. The minimum absolute atomic E-state index is 0.0843. The number of rotatable bonds is 3. The van der Waals surface area contributed by atoms with Gasteiger partial charge in [0, 0.05) is 10.9 Å². The minimum Gasteiger partial charge on any atom is -0.323 e. The van der Waals surface area contributed by atoms with E-state index in [-0.39, 0.29) is 24.4 Å². The van der Waals surface area contributed by atoms with E-state index in [2.05, 4.69) is 17.2 Å². The summed E-state index contributed by atoms with van der Waals surface area (Å²) in [4.78, 5) is 31.4. The van der Waals surface area contributed by atoms with Crippen LogP contribution in [0, 0.1) is 5.92 Å². The Hall–Kier alpha value is -2.21. The summed E-state index contributed by atoms with van der Waals surface area (Å²) in [6, 6.07) is 9.65. The third kappa shape index (κ3) is 2.74. The van der Waals surface area contributed by atoms with Gasteiger partial charge in [-0.05, 0) is 18.8 Å². The first-order valence-electron chi connectivity index (χ1n) is 8.74. The van der Waals surface area contributed by atoms with Crippen molar-refractivity contribution in [3.05, 3.63) is 41.4 Å². The molecule has 0 bridgehead atoms. The second-order valence-electron chi connectivity index (χ2n) is 6.95. The van der Waals surface area contributed by atoms with E-state index < -0.39 is 5.54 Å². The number of nitrogens with zero attached hydrogens (tertiary/aromatic N) is 2. The van der Waals surface area contributed by atoms with Crippen molar-refractivity contribution >= 4 is 23.3 Å². The molecule has 2 aromatic rings. The number of hydrogen-bond donors (Lipinski definition) is 1. The van der Waals surface area contributed by atoms with Gasteiger partial charge in [-0.25, -0.2) is 9.78 Å². The molecule has 1 aromatic heterocycles. The fourth-order valence-electron chi connectivity index (χ4n) is 3.89. The van der Waals surface area contributed by atoms with Crippen molar-refractivity contribution in [3.63, 3.8) is 0 Å². The second-order valence-corrected chi connectivity index (χ2v) is 7.81. The summed E-state index contributed by atoms with van der Waals surface area (Å²) in [7, 11) is 0. The van der Waals surface area contributed by atoms with E-state index in [9.17, 15) is 9.59 Å². The molecule has 0 unspecified atom stereocenters. The Morgan fingerprint density at radius 1 is 1.28 bits per heavy atom. The molecule has 1 spiro atoms. The third-order valence-electron chi connectivity index (χ3n) is 5.39. The molecular weight excluding hydrogens is 334 g/mol. The van der Waals surface area contributed by atoms with Crippen LogP contribution < -0.4 is 5.32 Å². The summed E-state index contributed by atoms with van der Waals surface area (Å²) in [5.74, 6) is 0.0944. The molecule has 2 fully saturated rings. The summed E-state index contributed by atoms with van der Waals surface area (Å²) < 4.78 is 0. The fraction of sp³-hybridized carbons (Fsp3) is 0.421. The van der Waals surface area contributed by atoms with Crippen LogP contribution in [0.2, 0.25) is 0 Å². The summed E-state index contributed by atoms with van der Waals surface area (Å²) in [5, 5.41) is 5.83. The van der Waals surface area contributed by atoms with Crippen molar-refractivity contribution in [3.8, 4) is 10.6 Å². The number of benzene rings is 1. The number of aromatic nitrogens is 1. The predicted octanol–water partition coefficient (Wildman–Crippen LogP) is 3.81. The number of carbonyl (C=O) groups excluding carboxylic acids is 2. The Bertz CT molecular complexity index is 804. The molecule has 2 atom stereocenters. The van der Waals surface area contributed by atoms with E-state index in [0.717, 1.165) is 41.9 Å². The SMILES string of the molecule is C[C@H]1CCCC[C@@]12NC(=O)N(Cc1csc(-c3ccccc3)n1)C2=O. The highest BCUT2D eigenvalue weighted by molar-refractivity contribution is 7.13. The molecule has 5 nitrogen and oxygen atoms in total. The number of carbonyl (C=O) groups is 2.